The molecular weight excluding hydrogens is 273 g/mol. The summed E-state index contributed by atoms with van der Waals surface area (Å²) in [4.78, 5) is 27.2. The van der Waals surface area contributed by atoms with Crippen molar-refractivity contribution in [2.75, 3.05) is 0 Å². The van der Waals surface area contributed by atoms with Gasteiger partial charge in [0.1, 0.15) is 0 Å². The third-order valence-electron chi connectivity index (χ3n) is 3.22. The number of hydrogen-bond acceptors (Lipinski definition) is 2. The maximum atomic E-state index is 13.2. The average Bonchev–Trinajstić information content (AvgIpc) is 2.37. The first-order chi connectivity index (χ1) is 9.29. The van der Waals surface area contributed by atoms with E-state index in [1.54, 1.807) is 13.8 Å². The van der Waals surface area contributed by atoms with E-state index in [2.05, 4.69) is 9.97 Å². The van der Waals surface area contributed by atoms with Crippen LogP contribution in [-0.4, -0.2) is 9.97 Å². The molecule has 0 unspecified atom stereocenters. The van der Waals surface area contributed by atoms with Gasteiger partial charge in [0.25, 0.3) is 0 Å². The topological polar surface area (TPSA) is 65.7 Å². The number of aromatic amines is 2. The number of rotatable bonds is 2. The van der Waals surface area contributed by atoms with E-state index in [1.165, 1.54) is 6.07 Å². The van der Waals surface area contributed by atoms with Gasteiger partial charge >= 0.3 is 17.3 Å². The van der Waals surface area contributed by atoms with Crippen molar-refractivity contribution >= 4 is 11.0 Å². The Kier molecular flexibility index (Phi) is 3.45. The van der Waals surface area contributed by atoms with Gasteiger partial charge in [0.05, 0.1) is 16.6 Å². The molecule has 0 fully saturated rings. The molecule has 0 spiro atoms. The van der Waals surface area contributed by atoms with Crippen LogP contribution < -0.4 is 11.1 Å². The number of H-pyrrole nitrogens is 2. The van der Waals surface area contributed by atoms with Gasteiger partial charge in [-0.1, -0.05) is 13.8 Å². The van der Waals surface area contributed by atoms with E-state index in [0.29, 0.717) is 0 Å². The zero-order valence-corrected chi connectivity index (χ0v) is 10.9. The first-order valence-electron chi connectivity index (χ1n) is 6.17. The minimum absolute atomic E-state index is 0.000185. The summed E-state index contributed by atoms with van der Waals surface area (Å²) in [5.74, 6) is 0. The van der Waals surface area contributed by atoms with Gasteiger partial charge < -0.3 is 9.97 Å². The Balaban J connectivity index is 3.02. The molecule has 2 aromatic rings. The summed E-state index contributed by atoms with van der Waals surface area (Å²) >= 11 is 0. The van der Waals surface area contributed by atoms with Crippen LogP contribution in [0.25, 0.3) is 11.0 Å². The van der Waals surface area contributed by atoms with Crippen molar-refractivity contribution in [3.05, 3.63) is 43.5 Å². The SMILES string of the molecule is CCc1cc2[nH]c(=O)c(=O)[nH]c2c(CC)c1C(F)(F)F. The van der Waals surface area contributed by atoms with Crippen LogP contribution in [0, 0.1) is 0 Å². The van der Waals surface area contributed by atoms with Crippen LogP contribution in [0.15, 0.2) is 15.7 Å². The van der Waals surface area contributed by atoms with E-state index in [9.17, 15) is 22.8 Å². The van der Waals surface area contributed by atoms with Crippen molar-refractivity contribution in [3.63, 3.8) is 0 Å². The Hall–Kier alpha value is -2.05. The van der Waals surface area contributed by atoms with Crippen molar-refractivity contribution in [2.24, 2.45) is 0 Å². The number of hydrogen-bond donors (Lipinski definition) is 2. The van der Waals surface area contributed by atoms with E-state index in [-0.39, 0.29) is 35.0 Å². The van der Waals surface area contributed by atoms with Gasteiger partial charge in [0.15, 0.2) is 0 Å². The summed E-state index contributed by atoms with van der Waals surface area (Å²) in [5.41, 5.74) is -2.19. The number of alkyl halides is 3. The molecule has 1 aromatic carbocycles. The van der Waals surface area contributed by atoms with Gasteiger partial charge in [-0.15, -0.1) is 0 Å². The van der Waals surface area contributed by atoms with Gasteiger partial charge in [0.2, 0.25) is 0 Å². The number of benzene rings is 1. The van der Waals surface area contributed by atoms with Crippen molar-refractivity contribution in [1.82, 2.24) is 9.97 Å². The number of nitrogens with one attached hydrogen (secondary N) is 2. The van der Waals surface area contributed by atoms with Crippen LogP contribution in [-0.2, 0) is 19.0 Å². The molecule has 0 saturated carbocycles. The molecule has 0 amide bonds. The Morgan fingerprint density at radius 1 is 1.05 bits per heavy atom. The molecule has 4 nitrogen and oxygen atoms in total. The number of fused-ring (bicyclic) bond motifs is 1. The monoisotopic (exact) mass is 286 g/mol. The zero-order valence-electron chi connectivity index (χ0n) is 10.9. The van der Waals surface area contributed by atoms with Crippen LogP contribution in [0.5, 0.6) is 0 Å². The second-order valence-electron chi connectivity index (χ2n) is 4.42. The summed E-state index contributed by atoms with van der Waals surface area (Å²) in [5, 5.41) is 0. The maximum Gasteiger partial charge on any atom is 0.417 e. The molecule has 0 atom stereocenters. The maximum absolute atomic E-state index is 13.2. The molecule has 7 heteroatoms. The van der Waals surface area contributed by atoms with Crippen molar-refractivity contribution in [3.8, 4) is 0 Å². The predicted molar refractivity (Wildman–Crippen MR) is 68.9 cm³/mol. The number of aromatic nitrogens is 2. The molecule has 2 N–H and O–H groups in total. The Morgan fingerprint density at radius 3 is 2.15 bits per heavy atom. The molecular formula is C13H13F3N2O2. The van der Waals surface area contributed by atoms with Gasteiger partial charge in [-0.05, 0) is 30.0 Å². The highest BCUT2D eigenvalue weighted by atomic mass is 19.4. The number of aryl methyl sites for hydroxylation is 2. The lowest BCUT2D eigenvalue weighted by Gasteiger charge is -2.18. The smallest absolute Gasteiger partial charge is 0.316 e. The average molecular weight is 286 g/mol. The van der Waals surface area contributed by atoms with E-state index >= 15 is 0 Å². The summed E-state index contributed by atoms with van der Waals surface area (Å²) < 4.78 is 39.7. The van der Waals surface area contributed by atoms with Crippen molar-refractivity contribution in [2.45, 2.75) is 32.9 Å². The summed E-state index contributed by atoms with van der Waals surface area (Å²) in [6.07, 6.45) is -4.22. The highest BCUT2D eigenvalue weighted by Gasteiger charge is 2.36. The van der Waals surface area contributed by atoms with Crippen molar-refractivity contribution < 1.29 is 13.2 Å². The van der Waals surface area contributed by atoms with E-state index in [0.717, 1.165) is 0 Å². The summed E-state index contributed by atoms with van der Waals surface area (Å²) in [6, 6.07) is 1.27. The molecule has 0 saturated heterocycles. The van der Waals surface area contributed by atoms with Gasteiger partial charge in [-0.25, -0.2) is 0 Å². The Bertz CT molecular complexity index is 772. The first-order valence-corrected chi connectivity index (χ1v) is 6.17. The van der Waals surface area contributed by atoms with E-state index in [1.807, 2.05) is 0 Å². The highest BCUT2D eigenvalue weighted by molar-refractivity contribution is 5.80. The second kappa shape index (κ2) is 4.81. The van der Waals surface area contributed by atoms with Crippen LogP contribution in [0.1, 0.15) is 30.5 Å². The molecule has 0 aliphatic heterocycles. The van der Waals surface area contributed by atoms with Crippen LogP contribution in [0.3, 0.4) is 0 Å². The normalized spacial score (nSPS) is 12.1. The molecule has 0 aliphatic carbocycles. The molecule has 20 heavy (non-hydrogen) atoms. The van der Waals surface area contributed by atoms with Crippen LogP contribution >= 0.6 is 0 Å². The van der Waals surface area contributed by atoms with E-state index in [4.69, 9.17) is 0 Å². The molecule has 1 aromatic heterocycles. The van der Waals surface area contributed by atoms with Gasteiger partial charge in [-0.2, -0.15) is 13.2 Å². The fraction of sp³-hybridized carbons (Fsp3) is 0.385. The quantitative estimate of drug-likeness (QED) is 0.832. The van der Waals surface area contributed by atoms with Gasteiger partial charge in [-0.3, -0.25) is 9.59 Å². The fourth-order valence-corrected chi connectivity index (χ4v) is 2.38. The van der Waals surface area contributed by atoms with Crippen LogP contribution in [0.2, 0.25) is 0 Å². The van der Waals surface area contributed by atoms with Gasteiger partial charge in [0, 0.05) is 0 Å². The fourth-order valence-electron chi connectivity index (χ4n) is 2.38. The standard InChI is InChI=1S/C13H13F3N2O2/c1-3-6-5-8-10(18-12(20)11(19)17-8)7(4-2)9(6)13(14,15)16/h5H,3-4H2,1-2H3,(H,17,19)(H,18,20). The van der Waals surface area contributed by atoms with Crippen LogP contribution in [0.4, 0.5) is 13.2 Å². The number of halogens is 3. The molecule has 2 rings (SSSR count). The zero-order chi connectivity index (χ0) is 15.1. The highest BCUT2D eigenvalue weighted by Crippen LogP contribution is 2.37. The lowest BCUT2D eigenvalue weighted by Crippen LogP contribution is -2.30. The molecule has 0 bridgehead atoms. The Labute approximate surface area is 111 Å². The lowest BCUT2D eigenvalue weighted by atomic mass is 9.95. The largest absolute Gasteiger partial charge is 0.417 e. The third kappa shape index (κ3) is 2.23. The van der Waals surface area contributed by atoms with E-state index < -0.39 is 22.9 Å². The summed E-state index contributed by atoms with van der Waals surface area (Å²) in [6.45, 7) is 3.19. The molecule has 108 valence electrons. The molecule has 0 radical (unpaired) electrons. The molecule has 0 aliphatic rings. The minimum Gasteiger partial charge on any atom is -0.316 e. The second-order valence-corrected chi connectivity index (χ2v) is 4.42. The van der Waals surface area contributed by atoms with Crippen molar-refractivity contribution in [1.29, 1.82) is 0 Å². The summed E-state index contributed by atoms with van der Waals surface area (Å²) in [7, 11) is 0. The third-order valence-corrected chi connectivity index (χ3v) is 3.22. The molecule has 1 heterocycles. The Morgan fingerprint density at radius 2 is 1.65 bits per heavy atom. The predicted octanol–water partition coefficient (Wildman–Crippen LogP) is 2.36. The first kappa shape index (κ1) is 14.4. The minimum atomic E-state index is -4.50. The lowest BCUT2D eigenvalue weighted by molar-refractivity contribution is -0.138.